The molecule has 0 bridgehead atoms. The van der Waals surface area contributed by atoms with Crippen molar-refractivity contribution in [1.82, 2.24) is 20.0 Å². The number of hydrogen-bond acceptors (Lipinski definition) is 7. The first-order valence-corrected chi connectivity index (χ1v) is 10.4. The van der Waals surface area contributed by atoms with E-state index in [1.165, 1.54) is 24.2 Å². The first-order chi connectivity index (χ1) is 13.0. The molecule has 4 rings (SSSR count). The average molecular weight is 391 g/mol. The minimum absolute atomic E-state index is 0.0912. The Labute approximate surface area is 163 Å². The summed E-state index contributed by atoms with van der Waals surface area (Å²) in [6, 6.07) is 0. The number of carbonyl (C=O) groups is 1. The molecule has 0 N–H and O–H groups in total. The molecule has 3 heterocycles. The van der Waals surface area contributed by atoms with Gasteiger partial charge in [-0.1, -0.05) is 18.0 Å². The minimum Gasteiger partial charge on any atom is -0.375 e. The molecule has 1 aliphatic heterocycles. The van der Waals surface area contributed by atoms with Crippen molar-refractivity contribution in [3.63, 3.8) is 0 Å². The zero-order valence-corrected chi connectivity index (χ0v) is 17.0. The van der Waals surface area contributed by atoms with Gasteiger partial charge in [0.25, 0.3) is 11.8 Å². The van der Waals surface area contributed by atoms with E-state index in [4.69, 9.17) is 9.26 Å². The van der Waals surface area contributed by atoms with Gasteiger partial charge in [0.2, 0.25) is 0 Å². The maximum atomic E-state index is 12.9. The third-order valence-electron chi connectivity index (χ3n) is 5.69. The van der Waals surface area contributed by atoms with E-state index >= 15 is 0 Å². The number of nitrogens with zero attached hydrogens (tertiary/aromatic N) is 4. The molecule has 2 aromatic heterocycles. The molecule has 146 valence electrons. The number of hydrogen-bond donors (Lipinski definition) is 0. The Bertz CT molecular complexity index is 819. The monoisotopic (exact) mass is 390 g/mol. The van der Waals surface area contributed by atoms with Crippen molar-refractivity contribution in [2.75, 3.05) is 20.2 Å². The van der Waals surface area contributed by atoms with E-state index in [1.54, 1.807) is 7.11 Å². The lowest BCUT2D eigenvalue weighted by Crippen LogP contribution is -2.46. The Morgan fingerprint density at radius 1 is 1.30 bits per heavy atom. The number of methoxy groups -OCH3 is 1. The standard InChI is InChI=1S/C19H26N4O3S/c1-12-16(27-13(2)20-12)17(24)23-8-6-19(7-9-23,10-14-4-5-14)18-21-15(11-25-3)26-22-18/h14H,4-11H2,1-3H3. The lowest BCUT2D eigenvalue weighted by molar-refractivity contribution is 0.0649. The normalized spacial score (nSPS) is 19.4. The summed E-state index contributed by atoms with van der Waals surface area (Å²) >= 11 is 1.49. The first-order valence-electron chi connectivity index (χ1n) is 9.56. The van der Waals surface area contributed by atoms with Crippen LogP contribution in [0.2, 0.25) is 0 Å². The highest BCUT2D eigenvalue weighted by Gasteiger charge is 2.45. The zero-order valence-electron chi connectivity index (χ0n) is 16.2. The van der Waals surface area contributed by atoms with Gasteiger partial charge in [-0.3, -0.25) is 4.79 Å². The summed E-state index contributed by atoms with van der Waals surface area (Å²) in [7, 11) is 1.62. The fourth-order valence-electron chi connectivity index (χ4n) is 4.06. The van der Waals surface area contributed by atoms with E-state index in [9.17, 15) is 4.79 Å². The van der Waals surface area contributed by atoms with E-state index in [-0.39, 0.29) is 11.3 Å². The summed E-state index contributed by atoms with van der Waals surface area (Å²) < 4.78 is 10.5. The molecule has 2 aliphatic rings. The first kappa shape index (κ1) is 18.6. The van der Waals surface area contributed by atoms with Gasteiger partial charge in [0.1, 0.15) is 11.5 Å². The van der Waals surface area contributed by atoms with Crippen LogP contribution in [-0.2, 0) is 16.8 Å². The van der Waals surface area contributed by atoms with Crippen LogP contribution in [0.5, 0.6) is 0 Å². The summed E-state index contributed by atoms with van der Waals surface area (Å²) in [5, 5.41) is 5.22. The smallest absolute Gasteiger partial charge is 0.265 e. The van der Waals surface area contributed by atoms with Crippen LogP contribution in [0.4, 0.5) is 0 Å². The molecular formula is C19H26N4O3S. The number of likely N-dealkylation sites (tertiary alicyclic amines) is 1. The summed E-state index contributed by atoms with van der Waals surface area (Å²) in [6.07, 6.45) is 5.40. The van der Waals surface area contributed by atoms with Gasteiger partial charge in [0, 0.05) is 25.6 Å². The Kier molecular flexibility index (Phi) is 5.03. The summed E-state index contributed by atoms with van der Waals surface area (Å²) in [4.78, 5) is 24.7. The predicted octanol–water partition coefficient (Wildman–Crippen LogP) is 3.26. The third-order valence-corrected chi connectivity index (χ3v) is 6.75. The zero-order chi connectivity index (χ0) is 19.0. The molecule has 7 nitrogen and oxygen atoms in total. The molecule has 0 atom stereocenters. The average Bonchev–Trinajstić information content (AvgIpc) is 3.20. The van der Waals surface area contributed by atoms with Crippen LogP contribution in [0.15, 0.2) is 4.52 Å². The van der Waals surface area contributed by atoms with Gasteiger partial charge in [-0.25, -0.2) is 4.98 Å². The maximum absolute atomic E-state index is 12.9. The molecule has 8 heteroatoms. The van der Waals surface area contributed by atoms with Crippen LogP contribution in [0.3, 0.4) is 0 Å². The van der Waals surface area contributed by atoms with Crippen molar-refractivity contribution >= 4 is 17.2 Å². The maximum Gasteiger partial charge on any atom is 0.265 e. The SMILES string of the molecule is COCc1nc(C2(CC3CC3)CCN(C(=O)c3sc(C)nc3C)CC2)no1. The molecule has 27 heavy (non-hydrogen) atoms. The minimum atomic E-state index is -0.0912. The fourth-order valence-corrected chi connectivity index (χ4v) is 4.94. The van der Waals surface area contributed by atoms with E-state index in [0.717, 1.165) is 59.7 Å². The summed E-state index contributed by atoms with van der Waals surface area (Å²) in [5.74, 6) is 2.17. The molecule has 1 aliphatic carbocycles. The molecule has 0 unspecified atom stereocenters. The van der Waals surface area contributed by atoms with Crippen LogP contribution < -0.4 is 0 Å². The number of rotatable bonds is 6. The highest BCUT2D eigenvalue weighted by atomic mass is 32.1. The quantitative estimate of drug-likeness (QED) is 0.753. The lowest BCUT2D eigenvalue weighted by atomic mass is 9.73. The highest BCUT2D eigenvalue weighted by Crippen LogP contribution is 2.46. The molecule has 2 aromatic rings. The van der Waals surface area contributed by atoms with Crippen molar-refractivity contribution in [1.29, 1.82) is 0 Å². The van der Waals surface area contributed by atoms with E-state index in [1.807, 2.05) is 18.7 Å². The summed E-state index contributed by atoms with van der Waals surface area (Å²) in [6.45, 7) is 5.63. The molecule has 2 fully saturated rings. The number of amides is 1. The Morgan fingerprint density at radius 3 is 2.63 bits per heavy atom. The van der Waals surface area contributed by atoms with Gasteiger partial charge in [-0.05, 0) is 39.0 Å². The van der Waals surface area contributed by atoms with Crippen molar-refractivity contribution in [3.05, 3.63) is 27.3 Å². The number of carbonyl (C=O) groups excluding carboxylic acids is 1. The van der Waals surface area contributed by atoms with Crippen molar-refractivity contribution < 1.29 is 14.1 Å². The van der Waals surface area contributed by atoms with Gasteiger partial charge in [0.05, 0.1) is 10.7 Å². The fraction of sp³-hybridized carbons (Fsp3) is 0.684. The number of ether oxygens (including phenoxy) is 1. The van der Waals surface area contributed by atoms with E-state index < -0.39 is 0 Å². The number of piperidine rings is 1. The molecule has 1 saturated heterocycles. The van der Waals surface area contributed by atoms with Crippen LogP contribution in [0.25, 0.3) is 0 Å². The van der Waals surface area contributed by atoms with E-state index in [2.05, 4.69) is 15.1 Å². The van der Waals surface area contributed by atoms with Gasteiger partial charge in [-0.2, -0.15) is 4.98 Å². The molecular weight excluding hydrogens is 364 g/mol. The van der Waals surface area contributed by atoms with Crippen LogP contribution >= 0.6 is 11.3 Å². The summed E-state index contributed by atoms with van der Waals surface area (Å²) in [5.41, 5.74) is 0.742. The number of aromatic nitrogens is 3. The molecule has 1 amide bonds. The van der Waals surface area contributed by atoms with Crippen molar-refractivity contribution in [3.8, 4) is 0 Å². The van der Waals surface area contributed by atoms with Crippen LogP contribution in [0, 0.1) is 19.8 Å². The Balaban J connectivity index is 1.50. The topological polar surface area (TPSA) is 81.4 Å². The lowest BCUT2D eigenvalue weighted by Gasteiger charge is -2.40. The largest absolute Gasteiger partial charge is 0.375 e. The second-order valence-electron chi connectivity index (χ2n) is 7.81. The van der Waals surface area contributed by atoms with Gasteiger partial charge in [0.15, 0.2) is 5.82 Å². The molecule has 0 spiro atoms. The van der Waals surface area contributed by atoms with Crippen LogP contribution in [0.1, 0.15) is 64.2 Å². The van der Waals surface area contributed by atoms with Gasteiger partial charge < -0.3 is 14.2 Å². The van der Waals surface area contributed by atoms with Crippen LogP contribution in [-0.4, -0.2) is 46.1 Å². The molecule has 0 aromatic carbocycles. The second-order valence-corrected chi connectivity index (χ2v) is 9.02. The van der Waals surface area contributed by atoms with Gasteiger partial charge in [-0.15, -0.1) is 11.3 Å². The number of thiazole rings is 1. The van der Waals surface area contributed by atoms with Crippen molar-refractivity contribution in [2.45, 2.75) is 58.0 Å². The van der Waals surface area contributed by atoms with Gasteiger partial charge >= 0.3 is 0 Å². The van der Waals surface area contributed by atoms with Crippen molar-refractivity contribution in [2.24, 2.45) is 5.92 Å². The molecule has 1 saturated carbocycles. The molecule has 0 radical (unpaired) electrons. The second kappa shape index (κ2) is 7.31. The third kappa shape index (κ3) is 3.78. The Hall–Kier alpha value is -1.80. The predicted molar refractivity (Wildman–Crippen MR) is 101 cm³/mol. The number of aryl methyl sites for hydroxylation is 2. The Morgan fingerprint density at radius 2 is 2.04 bits per heavy atom. The highest BCUT2D eigenvalue weighted by molar-refractivity contribution is 7.13. The van der Waals surface area contributed by atoms with E-state index in [0.29, 0.717) is 12.5 Å².